The lowest BCUT2D eigenvalue weighted by Gasteiger charge is -2.26. The van der Waals surface area contributed by atoms with Gasteiger partial charge in [-0.25, -0.2) is 43.2 Å². The number of ether oxygens (including phenoxy) is 3. The summed E-state index contributed by atoms with van der Waals surface area (Å²) in [6, 6.07) is 0. The Morgan fingerprint density at radius 1 is 0.933 bits per heavy atom. The Hall–Kier alpha value is -2.62. The lowest BCUT2D eigenvalue weighted by Crippen LogP contribution is -2.35. The number of imidazole rings is 2. The van der Waals surface area contributed by atoms with E-state index >= 15 is 8.78 Å². The lowest BCUT2D eigenvalue weighted by molar-refractivity contribution is -0.0579. The fraction of sp³-hybridized carbons (Fsp3) is 0.524. The van der Waals surface area contributed by atoms with Crippen LogP contribution in [0.2, 0.25) is 0 Å². The Labute approximate surface area is 263 Å². The topological polar surface area (TPSA) is 232 Å². The Morgan fingerprint density at radius 2 is 1.47 bits per heavy atom. The van der Waals surface area contributed by atoms with Crippen LogP contribution in [-0.2, 0) is 44.2 Å². The Balaban J connectivity index is 1.18. The molecule has 0 aromatic carbocycles. The van der Waals surface area contributed by atoms with Crippen LogP contribution < -0.4 is 11.5 Å². The Bertz CT molecular complexity index is 1740. The van der Waals surface area contributed by atoms with Gasteiger partial charge in [-0.1, -0.05) is 0 Å². The molecule has 5 N–H and O–H groups in total. The van der Waals surface area contributed by atoms with E-state index in [0.29, 0.717) is 0 Å². The third kappa shape index (κ3) is 6.24. The van der Waals surface area contributed by atoms with Crippen molar-refractivity contribution in [1.82, 2.24) is 39.0 Å². The molecule has 242 valence electrons. The van der Waals surface area contributed by atoms with Gasteiger partial charge >= 0.3 is 15.4 Å². The van der Waals surface area contributed by atoms with Crippen LogP contribution in [0.5, 0.6) is 0 Å². The van der Waals surface area contributed by atoms with Gasteiger partial charge in [-0.15, -0.1) is 0 Å². The highest BCUT2D eigenvalue weighted by Gasteiger charge is 2.51. The fourth-order valence-electron chi connectivity index (χ4n) is 5.04. The van der Waals surface area contributed by atoms with E-state index in [2.05, 4.69) is 42.5 Å². The largest absolute Gasteiger partial charge is 0.382 e. The summed E-state index contributed by atoms with van der Waals surface area (Å²) < 4.78 is 78.5. The quantitative estimate of drug-likeness (QED) is 0.0926. The first-order chi connectivity index (χ1) is 21.6. The fourth-order valence-corrected chi connectivity index (χ4v) is 6.93. The molecular weight excluding hydrogens is 684 g/mol. The van der Waals surface area contributed by atoms with Gasteiger partial charge in [-0.05, 0) is 11.8 Å². The van der Waals surface area contributed by atoms with Crippen molar-refractivity contribution in [2.75, 3.05) is 30.6 Å². The minimum atomic E-state index is -4.28. The van der Waals surface area contributed by atoms with Gasteiger partial charge in [-0.3, -0.25) is 18.2 Å². The third-order valence-electron chi connectivity index (χ3n) is 7.05. The van der Waals surface area contributed by atoms with E-state index in [1.807, 2.05) is 0 Å². The molecule has 0 amide bonds. The summed E-state index contributed by atoms with van der Waals surface area (Å²) in [6.07, 6.45) is -6.96. The second-order valence-electron chi connectivity index (χ2n) is 9.66. The smallest absolute Gasteiger partial charge is 0.327 e. The molecule has 6 heterocycles. The Kier molecular flexibility index (Phi) is 9.51. The number of thiol groups is 1. The van der Waals surface area contributed by atoms with Gasteiger partial charge in [0.15, 0.2) is 47.7 Å². The van der Waals surface area contributed by atoms with Crippen LogP contribution in [0.25, 0.3) is 22.3 Å². The maximum atomic E-state index is 16.0. The lowest BCUT2D eigenvalue weighted by atomic mass is 10.1. The normalized spacial score (nSPS) is 30.0. The summed E-state index contributed by atoms with van der Waals surface area (Å²) in [6.45, 7) is -5.06. The van der Waals surface area contributed by atoms with Crippen LogP contribution in [0.15, 0.2) is 25.3 Å². The monoisotopic (exact) mass is 708 g/mol. The molecule has 1 unspecified atom stereocenters. The number of nitrogens with zero attached hydrogens (tertiary/aromatic N) is 8. The Morgan fingerprint density at radius 3 is 2.00 bits per heavy atom. The van der Waals surface area contributed by atoms with Gasteiger partial charge in [0, 0.05) is 0 Å². The van der Waals surface area contributed by atoms with Crippen molar-refractivity contribution < 1.29 is 46.0 Å². The molecule has 18 nitrogen and oxygen atoms in total. The van der Waals surface area contributed by atoms with E-state index in [0.717, 1.165) is 0 Å². The number of alkyl halides is 2. The molecule has 9 atom stereocenters. The van der Waals surface area contributed by atoms with Gasteiger partial charge in [0.25, 0.3) is 0 Å². The number of aromatic nitrogens is 8. The van der Waals surface area contributed by atoms with Crippen molar-refractivity contribution in [3.63, 3.8) is 0 Å². The summed E-state index contributed by atoms with van der Waals surface area (Å²) in [5.74, 6) is 0.126. The molecular formula is C21H24F2N10O8P2S2. The van der Waals surface area contributed by atoms with Crippen LogP contribution >= 0.6 is 28.0 Å². The highest BCUT2D eigenvalue weighted by atomic mass is 32.5. The van der Waals surface area contributed by atoms with Crippen molar-refractivity contribution in [1.29, 1.82) is 0 Å². The highest BCUT2D eigenvalue weighted by Crippen LogP contribution is 2.50. The molecule has 6 rings (SSSR count). The maximum Gasteiger partial charge on any atom is 0.327 e. The molecule has 24 heteroatoms. The SMILES string of the molecule is Nc1ncnc2c1ncn2[C@@H]1O[C@H](COP(O)(=S)O[C@H]2[C@H](F)[C@H](n3cnc4c(N)ncnc43)O[C@@H]2COCS)[C@@H](OP=O)[C@@H]1F. The average molecular weight is 709 g/mol. The molecule has 0 spiro atoms. The van der Waals surface area contributed by atoms with E-state index in [4.69, 9.17) is 51.1 Å². The molecule has 45 heavy (non-hydrogen) atoms. The van der Waals surface area contributed by atoms with Crippen LogP contribution in [0.1, 0.15) is 12.5 Å². The molecule has 2 fully saturated rings. The minimum Gasteiger partial charge on any atom is -0.382 e. The number of hydrogen-bond acceptors (Lipinski definition) is 17. The molecule has 4 aromatic heterocycles. The second-order valence-corrected chi connectivity index (χ2v) is 13.1. The number of anilines is 2. The van der Waals surface area contributed by atoms with Crippen molar-refractivity contribution in [3.05, 3.63) is 25.3 Å². The van der Waals surface area contributed by atoms with E-state index < -0.39 is 71.2 Å². The molecule has 0 aliphatic carbocycles. The predicted octanol–water partition coefficient (Wildman–Crippen LogP) is 1.42. The number of fused-ring (bicyclic) bond motifs is 2. The standard InChI is InChI=1S/C21H24F2N10O8P2S2/c22-10-14(40-42-34)9(39-20(10)32-5-30-12-16(24)26-3-28-18(12)32)2-37-43(35,45)41-15-8(1-36-7-44)38-21(11(15)23)33-6-31-13-17(25)27-4-29-19(13)33/h3-6,8-11,14-15,20-21,44H,1-2,7H2,(H,35,45)(H2,24,26,28)(H2,25,27,29)/t8-,9-,10+,11+,14-,15-,20-,21-,43?/m1/s1. The first kappa shape index (κ1) is 32.3. The van der Waals surface area contributed by atoms with E-state index in [-0.39, 0.29) is 46.5 Å². The van der Waals surface area contributed by atoms with Gasteiger partial charge in [0.1, 0.15) is 48.1 Å². The molecule has 2 saturated heterocycles. The number of hydrogen-bond donors (Lipinski definition) is 4. The molecule has 0 radical (unpaired) electrons. The first-order valence-electron chi connectivity index (χ1n) is 12.9. The van der Waals surface area contributed by atoms with Crippen LogP contribution in [0.3, 0.4) is 0 Å². The third-order valence-corrected chi connectivity index (χ3v) is 9.12. The van der Waals surface area contributed by atoms with E-state index in [9.17, 15) is 9.46 Å². The summed E-state index contributed by atoms with van der Waals surface area (Å²) in [7, 11) is -0.845. The summed E-state index contributed by atoms with van der Waals surface area (Å²) >= 11 is 9.17. The van der Waals surface area contributed by atoms with Crippen molar-refractivity contribution in [2.45, 2.75) is 49.2 Å². The summed E-state index contributed by atoms with van der Waals surface area (Å²) in [5.41, 5.74) is 12.5. The van der Waals surface area contributed by atoms with Gasteiger partial charge in [0.05, 0.1) is 31.8 Å². The van der Waals surface area contributed by atoms with E-state index in [1.165, 1.54) is 34.4 Å². The summed E-state index contributed by atoms with van der Waals surface area (Å²) in [5, 5.41) is 0. The van der Waals surface area contributed by atoms with Crippen molar-refractivity contribution >= 4 is 73.8 Å². The number of nitrogen functional groups attached to an aromatic ring is 2. The van der Waals surface area contributed by atoms with E-state index in [1.54, 1.807) is 0 Å². The zero-order valence-corrected chi connectivity index (χ0v) is 26.1. The second kappa shape index (κ2) is 13.2. The average Bonchev–Trinajstić information content (AvgIpc) is 3.77. The van der Waals surface area contributed by atoms with Crippen LogP contribution in [-0.4, -0.2) is 99.8 Å². The molecule has 0 saturated carbocycles. The first-order valence-corrected chi connectivity index (χ1v) is 16.9. The van der Waals surface area contributed by atoms with Crippen LogP contribution in [0.4, 0.5) is 20.4 Å². The summed E-state index contributed by atoms with van der Waals surface area (Å²) in [4.78, 5) is 35.1. The molecule has 2 aliphatic heterocycles. The van der Waals surface area contributed by atoms with Crippen molar-refractivity contribution in [3.8, 4) is 0 Å². The van der Waals surface area contributed by atoms with Crippen LogP contribution in [0, 0.1) is 0 Å². The molecule has 4 aromatic rings. The number of rotatable bonds is 12. The zero-order chi connectivity index (χ0) is 31.9. The van der Waals surface area contributed by atoms with Gasteiger partial charge in [0.2, 0.25) is 0 Å². The molecule has 2 aliphatic rings. The van der Waals surface area contributed by atoms with Gasteiger partial charge in [-0.2, -0.15) is 12.6 Å². The predicted molar refractivity (Wildman–Crippen MR) is 157 cm³/mol. The zero-order valence-electron chi connectivity index (χ0n) is 22.6. The van der Waals surface area contributed by atoms with Gasteiger partial charge < -0.3 is 35.1 Å². The number of nitrogens with two attached hydrogens (primary N) is 2. The van der Waals surface area contributed by atoms with Crippen molar-refractivity contribution in [2.24, 2.45) is 0 Å². The maximum absolute atomic E-state index is 16.0. The molecule has 0 bridgehead atoms. The highest BCUT2D eigenvalue weighted by molar-refractivity contribution is 8.07. The number of halogens is 2. The minimum absolute atomic E-state index is 0.0222.